The molecule has 0 radical (unpaired) electrons. The standard InChI is InChI=1S/C20H19ClN4O2S/c21-16-2-1-5-22-18(16)20(27)7-14-3-4-15(8-20)25(14)19(26)12-6-17(28-11-12)13-9-23-24-10-13/h1-2,5-6,9-11,14-15,27H,3-4,7-8H2,(H,23,24)/t14-,15+,20?. The van der Waals surface area contributed by atoms with Gasteiger partial charge in [-0.15, -0.1) is 11.3 Å². The van der Waals surface area contributed by atoms with Gasteiger partial charge in [0, 0.05) is 53.1 Å². The maximum atomic E-state index is 13.2. The lowest BCUT2D eigenvalue weighted by Gasteiger charge is -2.43. The molecule has 1 amide bonds. The molecule has 2 saturated heterocycles. The van der Waals surface area contributed by atoms with Crippen LogP contribution in [0, 0.1) is 0 Å². The number of nitrogens with one attached hydrogen (secondary N) is 1. The maximum Gasteiger partial charge on any atom is 0.255 e. The SMILES string of the molecule is O=C(c1csc(-c2cn[nH]c2)c1)N1[C@@H]2CC[C@H]1CC(O)(c1ncccc1Cl)C2. The van der Waals surface area contributed by atoms with Crippen LogP contribution >= 0.6 is 22.9 Å². The van der Waals surface area contributed by atoms with Crippen molar-refractivity contribution in [3.05, 3.63) is 58.4 Å². The highest BCUT2D eigenvalue weighted by Gasteiger charge is 2.51. The molecule has 2 aliphatic rings. The number of carbonyl (C=O) groups excluding carboxylic acids is 1. The van der Waals surface area contributed by atoms with E-state index in [9.17, 15) is 9.90 Å². The Hall–Kier alpha value is -2.22. The van der Waals surface area contributed by atoms with Crippen LogP contribution in [0.1, 0.15) is 41.7 Å². The summed E-state index contributed by atoms with van der Waals surface area (Å²) in [6.45, 7) is 0. The predicted molar refractivity (Wildman–Crippen MR) is 107 cm³/mol. The molecule has 144 valence electrons. The number of pyridine rings is 1. The van der Waals surface area contributed by atoms with Crippen molar-refractivity contribution in [1.82, 2.24) is 20.1 Å². The fourth-order valence-corrected chi connectivity index (χ4v) is 5.78. The van der Waals surface area contributed by atoms with Crippen molar-refractivity contribution < 1.29 is 9.90 Å². The average Bonchev–Trinajstić information content (AvgIpc) is 3.41. The van der Waals surface area contributed by atoms with Gasteiger partial charge in [0.15, 0.2) is 0 Å². The van der Waals surface area contributed by atoms with Gasteiger partial charge in [-0.3, -0.25) is 14.9 Å². The van der Waals surface area contributed by atoms with Crippen molar-refractivity contribution in [3.63, 3.8) is 0 Å². The highest BCUT2D eigenvalue weighted by Crippen LogP contribution is 2.47. The number of piperidine rings is 1. The summed E-state index contributed by atoms with van der Waals surface area (Å²) in [5.41, 5.74) is 1.11. The Morgan fingerprint density at radius 2 is 2.14 bits per heavy atom. The number of H-pyrrole nitrogens is 1. The molecule has 3 aromatic rings. The van der Waals surface area contributed by atoms with E-state index in [1.807, 2.05) is 22.5 Å². The number of fused-ring (bicyclic) bond motifs is 2. The number of halogens is 1. The lowest BCUT2D eigenvalue weighted by atomic mass is 9.83. The zero-order valence-corrected chi connectivity index (χ0v) is 16.6. The summed E-state index contributed by atoms with van der Waals surface area (Å²) in [7, 11) is 0. The molecule has 0 aromatic carbocycles. The Balaban J connectivity index is 1.40. The van der Waals surface area contributed by atoms with Crippen molar-refractivity contribution in [2.75, 3.05) is 0 Å². The summed E-state index contributed by atoms with van der Waals surface area (Å²) >= 11 is 7.84. The van der Waals surface area contributed by atoms with E-state index in [2.05, 4.69) is 15.2 Å². The van der Waals surface area contributed by atoms with Gasteiger partial charge in [0.2, 0.25) is 0 Å². The van der Waals surface area contributed by atoms with E-state index in [1.165, 1.54) is 11.3 Å². The van der Waals surface area contributed by atoms with Crippen LogP contribution < -0.4 is 0 Å². The van der Waals surface area contributed by atoms with E-state index < -0.39 is 5.60 Å². The summed E-state index contributed by atoms with van der Waals surface area (Å²) in [5.74, 6) is 0.0349. The predicted octanol–water partition coefficient (Wildman–Crippen LogP) is 3.84. The van der Waals surface area contributed by atoms with Gasteiger partial charge in [-0.25, -0.2) is 0 Å². The van der Waals surface area contributed by atoms with Gasteiger partial charge in [-0.2, -0.15) is 5.10 Å². The fraction of sp³-hybridized carbons (Fsp3) is 0.350. The number of aromatic nitrogens is 3. The minimum atomic E-state index is -1.09. The molecule has 0 saturated carbocycles. The van der Waals surface area contributed by atoms with Crippen molar-refractivity contribution in [1.29, 1.82) is 0 Å². The summed E-state index contributed by atoms with van der Waals surface area (Å²) in [5, 5.41) is 20.5. The first-order valence-electron chi connectivity index (χ1n) is 9.29. The number of rotatable bonds is 3. The summed E-state index contributed by atoms with van der Waals surface area (Å²) < 4.78 is 0. The van der Waals surface area contributed by atoms with E-state index in [-0.39, 0.29) is 18.0 Å². The molecular weight excluding hydrogens is 396 g/mol. The van der Waals surface area contributed by atoms with Crippen LogP contribution in [0.15, 0.2) is 42.2 Å². The second-order valence-electron chi connectivity index (χ2n) is 7.56. The third kappa shape index (κ3) is 2.85. The van der Waals surface area contributed by atoms with E-state index in [4.69, 9.17) is 11.6 Å². The van der Waals surface area contributed by atoms with Crippen molar-refractivity contribution >= 4 is 28.8 Å². The monoisotopic (exact) mass is 414 g/mol. The molecule has 2 aliphatic heterocycles. The van der Waals surface area contributed by atoms with Crippen LogP contribution in [0.25, 0.3) is 10.4 Å². The topological polar surface area (TPSA) is 82.1 Å². The molecule has 2 bridgehead atoms. The zero-order chi connectivity index (χ0) is 19.3. The first kappa shape index (κ1) is 17.8. The largest absolute Gasteiger partial charge is 0.383 e. The van der Waals surface area contributed by atoms with E-state index >= 15 is 0 Å². The Kier molecular flexibility index (Phi) is 4.26. The second kappa shape index (κ2) is 6.69. The van der Waals surface area contributed by atoms with Gasteiger partial charge in [-0.05, 0) is 31.0 Å². The first-order chi connectivity index (χ1) is 13.5. The third-order valence-corrected chi connectivity index (χ3v) is 7.11. The molecular formula is C20H19ClN4O2S. The Bertz CT molecular complexity index is 1000. The minimum absolute atomic E-state index is 0.00778. The second-order valence-corrected chi connectivity index (χ2v) is 8.88. The van der Waals surface area contributed by atoms with E-state index in [0.29, 0.717) is 29.1 Å². The smallest absolute Gasteiger partial charge is 0.255 e. The van der Waals surface area contributed by atoms with Gasteiger partial charge in [0.25, 0.3) is 5.91 Å². The molecule has 8 heteroatoms. The summed E-state index contributed by atoms with van der Waals surface area (Å²) in [6, 6.07) is 5.42. The first-order valence-corrected chi connectivity index (χ1v) is 10.5. The highest BCUT2D eigenvalue weighted by atomic mass is 35.5. The van der Waals surface area contributed by atoms with Gasteiger partial charge in [-0.1, -0.05) is 11.6 Å². The van der Waals surface area contributed by atoms with Gasteiger partial charge >= 0.3 is 0 Å². The molecule has 5 heterocycles. The zero-order valence-electron chi connectivity index (χ0n) is 15.0. The number of thiophene rings is 1. The number of carbonyl (C=O) groups is 1. The van der Waals surface area contributed by atoms with Crippen LogP contribution in [0.3, 0.4) is 0 Å². The maximum absolute atomic E-state index is 13.2. The number of nitrogens with zero attached hydrogens (tertiary/aromatic N) is 3. The van der Waals surface area contributed by atoms with Crippen molar-refractivity contribution in [2.45, 2.75) is 43.4 Å². The lowest BCUT2D eigenvalue weighted by molar-refractivity contribution is -0.0507. The lowest BCUT2D eigenvalue weighted by Crippen LogP contribution is -2.52. The highest BCUT2D eigenvalue weighted by molar-refractivity contribution is 7.13. The van der Waals surface area contributed by atoms with Gasteiger partial charge in [0.05, 0.1) is 22.5 Å². The third-order valence-electron chi connectivity index (χ3n) is 5.83. The van der Waals surface area contributed by atoms with Crippen LogP contribution in [0.5, 0.6) is 0 Å². The molecule has 2 N–H and O–H groups in total. The van der Waals surface area contributed by atoms with Crippen molar-refractivity contribution in [2.24, 2.45) is 0 Å². The number of hydrogen-bond donors (Lipinski definition) is 2. The van der Waals surface area contributed by atoms with Gasteiger partial charge < -0.3 is 10.0 Å². The molecule has 2 fully saturated rings. The molecule has 0 aliphatic carbocycles. The van der Waals surface area contributed by atoms with Gasteiger partial charge in [0.1, 0.15) is 5.60 Å². The quantitative estimate of drug-likeness (QED) is 0.682. The molecule has 1 unspecified atom stereocenters. The number of aliphatic hydroxyl groups is 1. The molecule has 6 nitrogen and oxygen atoms in total. The number of amides is 1. The van der Waals surface area contributed by atoms with Crippen LogP contribution in [0.2, 0.25) is 5.02 Å². The molecule has 5 rings (SSSR count). The molecule has 0 spiro atoms. The average molecular weight is 415 g/mol. The van der Waals surface area contributed by atoms with E-state index in [0.717, 1.165) is 23.3 Å². The van der Waals surface area contributed by atoms with E-state index in [1.54, 1.807) is 24.5 Å². The normalized spacial score (nSPS) is 26.6. The van der Waals surface area contributed by atoms with Crippen LogP contribution in [-0.4, -0.2) is 43.2 Å². The Morgan fingerprint density at radius 3 is 2.82 bits per heavy atom. The summed E-state index contributed by atoms with van der Waals surface area (Å²) in [6.07, 6.45) is 7.93. The minimum Gasteiger partial charge on any atom is -0.383 e. The fourth-order valence-electron chi connectivity index (χ4n) is 4.61. The number of hydrogen-bond acceptors (Lipinski definition) is 5. The Morgan fingerprint density at radius 1 is 1.36 bits per heavy atom. The molecule has 3 aromatic heterocycles. The molecule has 3 atom stereocenters. The summed E-state index contributed by atoms with van der Waals surface area (Å²) in [4.78, 5) is 20.6. The van der Waals surface area contributed by atoms with Crippen molar-refractivity contribution in [3.8, 4) is 10.4 Å². The Labute approximate surface area is 171 Å². The van der Waals surface area contributed by atoms with Crippen LogP contribution in [0.4, 0.5) is 0 Å². The van der Waals surface area contributed by atoms with Crippen LogP contribution in [-0.2, 0) is 5.60 Å². The molecule has 28 heavy (non-hydrogen) atoms. The number of aromatic amines is 1.